The Morgan fingerprint density at radius 2 is 1.83 bits per heavy atom. The number of rotatable bonds is 5. The summed E-state index contributed by atoms with van der Waals surface area (Å²) in [7, 11) is 0. The van der Waals surface area contributed by atoms with Crippen LogP contribution in [-0.2, 0) is 11.2 Å². The van der Waals surface area contributed by atoms with Crippen LogP contribution in [0, 0.1) is 0 Å². The Kier molecular flexibility index (Phi) is 5.27. The summed E-state index contributed by atoms with van der Waals surface area (Å²) in [4.78, 5) is 18.8. The minimum Gasteiger partial charge on any atom is -0.424 e. The minimum atomic E-state index is 0.138. The summed E-state index contributed by atoms with van der Waals surface area (Å²) >= 11 is 0. The van der Waals surface area contributed by atoms with Crippen molar-refractivity contribution in [3.63, 3.8) is 0 Å². The molecule has 23 heavy (non-hydrogen) atoms. The molecule has 7 nitrogen and oxygen atoms in total. The number of nitrogens with zero attached hydrogens (tertiary/aromatic N) is 5. The van der Waals surface area contributed by atoms with Gasteiger partial charge in [0.05, 0.1) is 12.6 Å². The molecule has 1 aromatic heterocycles. The Labute approximate surface area is 137 Å². The molecule has 0 spiro atoms. The molecule has 2 saturated heterocycles. The van der Waals surface area contributed by atoms with E-state index in [0.29, 0.717) is 18.3 Å². The fraction of sp³-hybridized carbons (Fsp3) is 0.812. The standard InChI is InChI=1S/C16H27N5O2/c1-3-14-17-18-16(23-14)13(2)20-10-8-19(9-11-20)12-15(22)21-6-4-5-7-21/h13H,3-12H2,1-2H3/t13-/m1/s1. The minimum absolute atomic E-state index is 0.138. The van der Waals surface area contributed by atoms with Crippen LogP contribution in [0.1, 0.15) is 44.5 Å². The first-order valence-electron chi connectivity index (χ1n) is 8.74. The van der Waals surface area contributed by atoms with Crippen molar-refractivity contribution >= 4 is 5.91 Å². The van der Waals surface area contributed by atoms with Crippen LogP contribution in [0.3, 0.4) is 0 Å². The van der Waals surface area contributed by atoms with Crippen LogP contribution in [0.15, 0.2) is 4.42 Å². The summed E-state index contributed by atoms with van der Waals surface area (Å²) in [6.07, 6.45) is 3.08. The highest BCUT2D eigenvalue weighted by Crippen LogP contribution is 2.20. The molecule has 1 amide bonds. The SMILES string of the molecule is CCc1nnc([C@@H](C)N2CCN(CC(=O)N3CCCC3)CC2)o1. The molecule has 0 bridgehead atoms. The molecule has 0 aromatic carbocycles. The smallest absolute Gasteiger partial charge is 0.236 e. The Morgan fingerprint density at radius 3 is 2.43 bits per heavy atom. The topological polar surface area (TPSA) is 65.7 Å². The van der Waals surface area contributed by atoms with Crippen LogP contribution < -0.4 is 0 Å². The predicted octanol–water partition coefficient (Wildman–Crippen LogP) is 0.933. The van der Waals surface area contributed by atoms with Crippen molar-refractivity contribution in [3.05, 3.63) is 11.8 Å². The van der Waals surface area contributed by atoms with E-state index in [4.69, 9.17) is 4.42 Å². The monoisotopic (exact) mass is 321 g/mol. The molecule has 2 aliphatic heterocycles. The normalized spacial score (nSPS) is 21.7. The third-order valence-corrected chi connectivity index (χ3v) is 4.91. The van der Waals surface area contributed by atoms with Gasteiger partial charge in [0, 0.05) is 45.7 Å². The van der Waals surface area contributed by atoms with Gasteiger partial charge in [0.15, 0.2) is 0 Å². The van der Waals surface area contributed by atoms with E-state index in [9.17, 15) is 4.79 Å². The molecule has 0 N–H and O–H groups in total. The summed E-state index contributed by atoms with van der Waals surface area (Å²) in [5.74, 6) is 1.68. The number of hydrogen-bond donors (Lipinski definition) is 0. The highest BCUT2D eigenvalue weighted by molar-refractivity contribution is 5.78. The van der Waals surface area contributed by atoms with E-state index in [2.05, 4.69) is 26.9 Å². The van der Waals surface area contributed by atoms with Crippen LogP contribution in [0.4, 0.5) is 0 Å². The van der Waals surface area contributed by atoms with Gasteiger partial charge in [-0.15, -0.1) is 10.2 Å². The molecule has 2 fully saturated rings. The van der Waals surface area contributed by atoms with E-state index in [1.807, 2.05) is 11.8 Å². The Morgan fingerprint density at radius 1 is 1.13 bits per heavy atom. The van der Waals surface area contributed by atoms with Crippen LogP contribution in [0.2, 0.25) is 0 Å². The average molecular weight is 321 g/mol. The lowest BCUT2D eigenvalue weighted by atomic mass is 10.2. The molecular weight excluding hydrogens is 294 g/mol. The van der Waals surface area contributed by atoms with Crippen LogP contribution in [0.5, 0.6) is 0 Å². The largest absolute Gasteiger partial charge is 0.424 e. The first-order chi connectivity index (χ1) is 11.2. The maximum absolute atomic E-state index is 12.2. The highest BCUT2D eigenvalue weighted by Gasteiger charge is 2.27. The van der Waals surface area contributed by atoms with Crippen LogP contribution in [0.25, 0.3) is 0 Å². The first kappa shape index (κ1) is 16.4. The zero-order valence-corrected chi connectivity index (χ0v) is 14.2. The van der Waals surface area contributed by atoms with E-state index >= 15 is 0 Å². The van der Waals surface area contributed by atoms with Gasteiger partial charge in [0.1, 0.15) is 0 Å². The molecule has 128 valence electrons. The molecule has 7 heteroatoms. The quantitative estimate of drug-likeness (QED) is 0.804. The number of aryl methyl sites for hydroxylation is 1. The van der Waals surface area contributed by atoms with Crippen molar-refractivity contribution in [3.8, 4) is 0 Å². The molecular formula is C16H27N5O2. The lowest BCUT2D eigenvalue weighted by Crippen LogP contribution is -2.50. The Balaban J connectivity index is 1.46. The number of carbonyl (C=O) groups excluding carboxylic acids is 1. The highest BCUT2D eigenvalue weighted by atomic mass is 16.4. The van der Waals surface area contributed by atoms with Gasteiger partial charge in [0.25, 0.3) is 0 Å². The fourth-order valence-electron chi connectivity index (χ4n) is 3.30. The molecule has 3 rings (SSSR count). The molecule has 0 radical (unpaired) electrons. The maximum Gasteiger partial charge on any atom is 0.236 e. The van der Waals surface area contributed by atoms with Gasteiger partial charge in [-0.05, 0) is 19.8 Å². The van der Waals surface area contributed by atoms with E-state index in [1.54, 1.807) is 0 Å². The van der Waals surface area contributed by atoms with E-state index < -0.39 is 0 Å². The molecule has 1 aromatic rings. The average Bonchev–Trinajstić information content (AvgIpc) is 3.26. The third-order valence-electron chi connectivity index (χ3n) is 4.91. The van der Waals surface area contributed by atoms with E-state index in [0.717, 1.165) is 58.5 Å². The molecule has 0 aliphatic carbocycles. The van der Waals surface area contributed by atoms with Crippen molar-refractivity contribution in [2.45, 2.75) is 39.2 Å². The second-order valence-corrected chi connectivity index (χ2v) is 6.46. The van der Waals surface area contributed by atoms with Gasteiger partial charge in [0.2, 0.25) is 17.7 Å². The van der Waals surface area contributed by atoms with Crippen LogP contribution >= 0.6 is 0 Å². The number of carbonyl (C=O) groups is 1. The number of amides is 1. The second kappa shape index (κ2) is 7.40. The van der Waals surface area contributed by atoms with Gasteiger partial charge >= 0.3 is 0 Å². The summed E-state index contributed by atoms with van der Waals surface area (Å²) in [6, 6.07) is 0.138. The Bertz CT molecular complexity index is 518. The first-order valence-corrected chi connectivity index (χ1v) is 8.74. The van der Waals surface area contributed by atoms with Gasteiger partial charge < -0.3 is 9.32 Å². The lowest BCUT2D eigenvalue weighted by molar-refractivity contribution is -0.131. The maximum atomic E-state index is 12.2. The van der Waals surface area contributed by atoms with Crippen molar-refractivity contribution < 1.29 is 9.21 Å². The van der Waals surface area contributed by atoms with Gasteiger partial charge in [-0.1, -0.05) is 6.92 Å². The zero-order valence-electron chi connectivity index (χ0n) is 14.2. The Hall–Kier alpha value is -1.47. The number of likely N-dealkylation sites (tertiary alicyclic amines) is 1. The summed E-state index contributed by atoms with van der Waals surface area (Å²) in [6.45, 7) is 10.2. The molecule has 2 aliphatic rings. The summed E-state index contributed by atoms with van der Waals surface area (Å²) in [5, 5.41) is 8.19. The second-order valence-electron chi connectivity index (χ2n) is 6.46. The van der Waals surface area contributed by atoms with Crippen molar-refractivity contribution in [2.24, 2.45) is 0 Å². The van der Waals surface area contributed by atoms with Crippen molar-refractivity contribution in [2.75, 3.05) is 45.8 Å². The third kappa shape index (κ3) is 3.90. The lowest BCUT2D eigenvalue weighted by Gasteiger charge is -2.37. The van der Waals surface area contributed by atoms with Gasteiger partial charge in [-0.25, -0.2) is 0 Å². The van der Waals surface area contributed by atoms with Gasteiger partial charge in [-0.3, -0.25) is 14.6 Å². The molecule has 3 heterocycles. The molecule has 0 unspecified atom stereocenters. The number of piperazine rings is 1. The summed E-state index contributed by atoms with van der Waals surface area (Å²) < 4.78 is 5.67. The van der Waals surface area contributed by atoms with Gasteiger partial charge in [-0.2, -0.15) is 0 Å². The number of hydrogen-bond acceptors (Lipinski definition) is 6. The van der Waals surface area contributed by atoms with Crippen molar-refractivity contribution in [1.82, 2.24) is 24.9 Å². The summed E-state index contributed by atoms with van der Waals surface area (Å²) in [5.41, 5.74) is 0. The molecule has 1 atom stereocenters. The van der Waals surface area contributed by atoms with E-state index in [1.165, 1.54) is 0 Å². The predicted molar refractivity (Wildman–Crippen MR) is 85.9 cm³/mol. The fourth-order valence-corrected chi connectivity index (χ4v) is 3.30. The van der Waals surface area contributed by atoms with Crippen LogP contribution in [-0.4, -0.2) is 76.6 Å². The van der Waals surface area contributed by atoms with E-state index in [-0.39, 0.29) is 11.9 Å². The number of aromatic nitrogens is 2. The van der Waals surface area contributed by atoms with Crippen molar-refractivity contribution in [1.29, 1.82) is 0 Å². The zero-order chi connectivity index (χ0) is 16.2. The molecule has 0 saturated carbocycles.